The number of anilines is 1. The van der Waals surface area contributed by atoms with E-state index in [0.717, 1.165) is 5.82 Å². The van der Waals surface area contributed by atoms with Crippen LogP contribution in [0.3, 0.4) is 0 Å². The summed E-state index contributed by atoms with van der Waals surface area (Å²) in [6.45, 7) is 3.02. The smallest absolute Gasteiger partial charge is 0.124 e. The predicted octanol–water partition coefficient (Wildman–Crippen LogP) is 0.122. The van der Waals surface area contributed by atoms with Crippen LogP contribution in [-0.4, -0.2) is 45.2 Å². The van der Waals surface area contributed by atoms with Gasteiger partial charge in [-0.25, -0.2) is 0 Å². The molecular weight excluding hydrogens is 194 g/mol. The minimum Gasteiger partial charge on any atom is -0.391 e. The normalized spacial score (nSPS) is 31.9. The van der Waals surface area contributed by atoms with Crippen LogP contribution < -0.4 is 4.90 Å². The molecule has 0 unspecified atom stereocenters. The molecule has 1 saturated heterocycles. The third-order valence-corrected chi connectivity index (χ3v) is 3.02. The summed E-state index contributed by atoms with van der Waals surface area (Å²) >= 11 is 0. The number of aliphatic hydroxyl groups excluding tert-OH is 1. The van der Waals surface area contributed by atoms with Gasteiger partial charge in [-0.15, -0.1) is 0 Å². The molecule has 2 heterocycles. The van der Waals surface area contributed by atoms with Crippen molar-refractivity contribution in [1.82, 2.24) is 10.2 Å². The molecule has 3 N–H and O–H groups in total. The number of aromatic nitrogens is 2. The van der Waals surface area contributed by atoms with Gasteiger partial charge >= 0.3 is 0 Å². The van der Waals surface area contributed by atoms with Crippen molar-refractivity contribution in [3.05, 3.63) is 12.3 Å². The van der Waals surface area contributed by atoms with Crippen LogP contribution in [0.2, 0.25) is 0 Å². The van der Waals surface area contributed by atoms with Crippen molar-refractivity contribution in [2.24, 2.45) is 0 Å². The van der Waals surface area contributed by atoms with Crippen LogP contribution in [0.4, 0.5) is 5.82 Å². The van der Waals surface area contributed by atoms with Gasteiger partial charge < -0.3 is 15.1 Å². The van der Waals surface area contributed by atoms with Gasteiger partial charge in [-0.3, -0.25) is 5.10 Å². The second kappa shape index (κ2) is 3.83. The van der Waals surface area contributed by atoms with Crippen LogP contribution >= 0.6 is 0 Å². The summed E-state index contributed by atoms with van der Waals surface area (Å²) in [6, 6.07) is 1.84. The fourth-order valence-corrected chi connectivity index (χ4v) is 2.11. The number of hydrogen-bond acceptors (Lipinski definition) is 4. The molecule has 0 aliphatic carbocycles. The molecule has 0 amide bonds. The molecule has 0 saturated carbocycles. The highest BCUT2D eigenvalue weighted by Crippen LogP contribution is 2.27. The van der Waals surface area contributed by atoms with E-state index in [1.807, 2.05) is 17.9 Å². The summed E-state index contributed by atoms with van der Waals surface area (Å²) in [4.78, 5) is 1.94. The molecule has 84 valence electrons. The van der Waals surface area contributed by atoms with Crippen molar-refractivity contribution in [3.63, 3.8) is 0 Å². The van der Waals surface area contributed by atoms with Gasteiger partial charge in [0.05, 0.1) is 17.9 Å². The highest BCUT2D eigenvalue weighted by Gasteiger charge is 2.36. The van der Waals surface area contributed by atoms with Gasteiger partial charge in [0.1, 0.15) is 5.82 Å². The Hall–Kier alpha value is -1.07. The third-order valence-electron chi connectivity index (χ3n) is 3.02. The third kappa shape index (κ3) is 2.13. The van der Waals surface area contributed by atoms with E-state index in [-0.39, 0.29) is 0 Å². The maximum Gasteiger partial charge on any atom is 0.124 e. The van der Waals surface area contributed by atoms with Gasteiger partial charge in [0, 0.05) is 25.6 Å². The van der Waals surface area contributed by atoms with Crippen LogP contribution in [0.15, 0.2) is 12.3 Å². The molecule has 1 aromatic rings. The quantitative estimate of drug-likeness (QED) is 0.650. The van der Waals surface area contributed by atoms with E-state index in [0.29, 0.717) is 25.9 Å². The standard InChI is InChI=1S/C10H17N3O2/c1-2-10(15)5-8(14)6-13(7-10)9-3-4-11-12-9/h3-4,8,14-15H,2,5-7H2,1H3,(H,11,12)/t8-,10+/m1/s1. The van der Waals surface area contributed by atoms with Crippen LogP contribution in [0.25, 0.3) is 0 Å². The molecule has 5 nitrogen and oxygen atoms in total. The van der Waals surface area contributed by atoms with E-state index >= 15 is 0 Å². The van der Waals surface area contributed by atoms with Crippen molar-refractivity contribution in [2.75, 3.05) is 18.0 Å². The second-order valence-corrected chi connectivity index (χ2v) is 4.26. The molecule has 0 aromatic carbocycles. The number of rotatable bonds is 2. The van der Waals surface area contributed by atoms with Gasteiger partial charge in [0.15, 0.2) is 0 Å². The van der Waals surface area contributed by atoms with Gasteiger partial charge in [-0.2, -0.15) is 5.10 Å². The highest BCUT2D eigenvalue weighted by atomic mass is 16.3. The average Bonchev–Trinajstić information content (AvgIpc) is 2.69. The number of nitrogens with one attached hydrogen (secondary N) is 1. The van der Waals surface area contributed by atoms with E-state index in [1.165, 1.54) is 0 Å². The monoisotopic (exact) mass is 211 g/mol. The lowest BCUT2D eigenvalue weighted by Gasteiger charge is -2.41. The first kappa shape index (κ1) is 10.4. The summed E-state index contributed by atoms with van der Waals surface area (Å²) in [5, 5.41) is 26.6. The topological polar surface area (TPSA) is 72.4 Å². The molecule has 1 aromatic heterocycles. The zero-order valence-corrected chi connectivity index (χ0v) is 8.85. The molecule has 0 radical (unpaired) electrons. The molecule has 1 aliphatic heterocycles. The Kier molecular flexibility index (Phi) is 2.67. The number of β-amino-alcohol motifs (C(OH)–C–C–N with tert-alkyl or cyclic N) is 2. The first-order valence-electron chi connectivity index (χ1n) is 5.28. The summed E-state index contributed by atoms with van der Waals surface area (Å²) in [7, 11) is 0. The second-order valence-electron chi connectivity index (χ2n) is 4.26. The van der Waals surface area contributed by atoms with E-state index in [1.54, 1.807) is 6.20 Å². The summed E-state index contributed by atoms with van der Waals surface area (Å²) in [6.07, 6.45) is 2.29. The van der Waals surface area contributed by atoms with Gasteiger partial charge in [0.25, 0.3) is 0 Å². The molecular formula is C10H17N3O2. The minimum absolute atomic E-state index is 0.453. The molecule has 1 fully saturated rings. The maximum absolute atomic E-state index is 10.2. The minimum atomic E-state index is -0.789. The number of piperidine rings is 1. The Morgan fingerprint density at radius 1 is 1.73 bits per heavy atom. The first-order chi connectivity index (χ1) is 7.13. The average molecular weight is 211 g/mol. The van der Waals surface area contributed by atoms with Crippen LogP contribution in [-0.2, 0) is 0 Å². The summed E-state index contributed by atoms with van der Waals surface area (Å²) in [5.41, 5.74) is -0.789. The Morgan fingerprint density at radius 2 is 2.53 bits per heavy atom. The lowest BCUT2D eigenvalue weighted by molar-refractivity contribution is -0.0247. The zero-order chi connectivity index (χ0) is 10.9. The van der Waals surface area contributed by atoms with Crippen molar-refractivity contribution in [1.29, 1.82) is 0 Å². The fraction of sp³-hybridized carbons (Fsp3) is 0.700. The largest absolute Gasteiger partial charge is 0.391 e. The zero-order valence-electron chi connectivity index (χ0n) is 8.85. The molecule has 0 bridgehead atoms. The van der Waals surface area contributed by atoms with Crippen molar-refractivity contribution in [3.8, 4) is 0 Å². The lowest BCUT2D eigenvalue weighted by Crippen LogP contribution is -2.53. The predicted molar refractivity (Wildman–Crippen MR) is 56.7 cm³/mol. The van der Waals surface area contributed by atoms with Crippen molar-refractivity contribution < 1.29 is 10.2 Å². The van der Waals surface area contributed by atoms with Crippen LogP contribution in [0.5, 0.6) is 0 Å². The Morgan fingerprint density at radius 3 is 3.13 bits per heavy atom. The Labute approximate surface area is 88.7 Å². The first-order valence-corrected chi connectivity index (χ1v) is 5.28. The number of hydrogen-bond donors (Lipinski definition) is 3. The van der Waals surface area contributed by atoms with Crippen LogP contribution in [0, 0.1) is 0 Å². The Balaban J connectivity index is 2.14. The molecule has 15 heavy (non-hydrogen) atoms. The van der Waals surface area contributed by atoms with Crippen molar-refractivity contribution >= 4 is 5.82 Å². The van der Waals surface area contributed by atoms with Gasteiger partial charge in [-0.1, -0.05) is 6.92 Å². The Bertz CT molecular complexity index is 314. The molecule has 2 rings (SSSR count). The molecule has 2 atom stereocenters. The maximum atomic E-state index is 10.2. The number of aliphatic hydroxyl groups is 2. The van der Waals surface area contributed by atoms with Crippen LogP contribution in [0.1, 0.15) is 19.8 Å². The molecule has 0 spiro atoms. The molecule has 5 heteroatoms. The van der Waals surface area contributed by atoms with Crippen molar-refractivity contribution in [2.45, 2.75) is 31.5 Å². The van der Waals surface area contributed by atoms with E-state index in [2.05, 4.69) is 10.2 Å². The summed E-state index contributed by atoms with van der Waals surface area (Å²) < 4.78 is 0. The van der Waals surface area contributed by atoms with E-state index in [4.69, 9.17) is 0 Å². The van der Waals surface area contributed by atoms with Gasteiger partial charge in [-0.05, 0) is 6.42 Å². The highest BCUT2D eigenvalue weighted by molar-refractivity contribution is 5.38. The lowest BCUT2D eigenvalue weighted by atomic mass is 9.89. The summed E-state index contributed by atoms with van der Waals surface area (Å²) in [5.74, 6) is 0.848. The van der Waals surface area contributed by atoms with E-state index in [9.17, 15) is 10.2 Å². The number of H-pyrrole nitrogens is 1. The number of nitrogens with zero attached hydrogens (tertiary/aromatic N) is 2. The number of aromatic amines is 1. The van der Waals surface area contributed by atoms with E-state index < -0.39 is 11.7 Å². The molecule has 1 aliphatic rings. The SMILES string of the molecule is CC[C@]1(O)C[C@@H](O)CN(c2ccn[nH]2)C1. The van der Waals surface area contributed by atoms with Gasteiger partial charge in [0.2, 0.25) is 0 Å². The fourth-order valence-electron chi connectivity index (χ4n) is 2.11.